The van der Waals surface area contributed by atoms with Gasteiger partial charge in [-0.1, -0.05) is 0 Å². The van der Waals surface area contributed by atoms with Crippen molar-refractivity contribution >= 4 is 116 Å². The second-order valence-corrected chi connectivity index (χ2v) is 21.3. The zero-order valence-corrected chi connectivity index (χ0v) is 52.1. The second kappa shape index (κ2) is 32.6. The van der Waals surface area contributed by atoms with Crippen LogP contribution in [0.4, 0.5) is 21.0 Å². The number of carbonyl (C=O) groups excluding carboxylic acids is 10. The first-order chi connectivity index (χ1) is 38.1. The number of hydrogen-bond donors (Lipinski definition) is 16. The number of primary amides is 2. The van der Waals surface area contributed by atoms with Crippen molar-refractivity contribution in [1.29, 1.82) is 10.8 Å². The smallest absolute Gasteiger partial charge is 0.411 e. The molecule has 84 heavy (non-hydrogen) atoms. The van der Waals surface area contributed by atoms with Gasteiger partial charge in [0, 0.05) is 50.6 Å². The molecular weight excluding hydrogens is 1230 g/mol. The van der Waals surface area contributed by atoms with E-state index in [4.69, 9.17) is 43.2 Å². The average molecular weight is 1320 g/mol. The first-order valence-electron chi connectivity index (χ1n) is 26.3. The minimum Gasteiger partial charge on any atom is -0.507 e. The minimum absolute atomic E-state index is 0. The SMILES string of the molecule is Br.Br.C[C@H](NC(=O)[C@H](C)N(CCNc1ccc(NCCN(C(=O)OC(C)(C)C)[C@@H](C)C(=O)N[C@@H](C)C(=O)N[C@@H](CCCNC(=N)N)C(N)=O)c2c1C(=O)c1c(O)ccc(O)c1C2=O)C(=O)OC(C)(C)C)C(=O)N[C@@H](CCCNC(=N)N)C(N)=O. The fourth-order valence-corrected chi connectivity index (χ4v) is 8.11. The summed E-state index contributed by atoms with van der Waals surface area (Å²) < 4.78 is 11.2. The van der Waals surface area contributed by atoms with Gasteiger partial charge in [-0.2, -0.15) is 0 Å². The number of guanidine groups is 2. The summed E-state index contributed by atoms with van der Waals surface area (Å²) in [6, 6.07) is -2.48. The Morgan fingerprint density at radius 1 is 0.524 bits per heavy atom. The number of nitrogens with one attached hydrogen (secondary N) is 10. The molecule has 0 radical (unpaired) electrons. The minimum atomic E-state index is -1.32. The van der Waals surface area contributed by atoms with E-state index in [1.165, 1.54) is 39.8 Å². The number of phenolic OH excluding ortho intramolecular Hbond substituents is 2. The molecule has 20 N–H and O–H groups in total. The molecule has 32 heteroatoms. The van der Waals surface area contributed by atoms with Crippen LogP contribution in [-0.2, 0) is 38.2 Å². The topological polar surface area (TPSA) is 484 Å². The molecule has 468 valence electrons. The summed E-state index contributed by atoms with van der Waals surface area (Å²) in [5.41, 5.74) is 17.9. The quantitative estimate of drug-likeness (QED) is 0.0205. The lowest BCUT2D eigenvalue weighted by atomic mass is 9.81. The van der Waals surface area contributed by atoms with Crippen molar-refractivity contribution in [1.82, 2.24) is 41.7 Å². The normalized spacial score (nSPS) is 13.7. The molecule has 1 aliphatic carbocycles. The van der Waals surface area contributed by atoms with Crippen LogP contribution in [0.3, 0.4) is 0 Å². The van der Waals surface area contributed by atoms with E-state index >= 15 is 0 Å². The van der Waals surface area contributed by atoms with Crippen molar-refractivity contribution in [3.63, 3.8) is 0 Å². The number of amides is 8. The molecule has 6 atom stereocenters. The van der Waals surface area contributed by atoms with Crippen LogP contribution < -0.4 is 65.5 Å². The van der Waals surface area contributed by atoms with Gasteiger partial charge in [0.05, 0.1) is 22.3 Å². The van der Waals surface area contributed by atoms with Gasteiger partial charge in [0.2, 0.25) is 47.0 Å². The van der Waals surface area contributed by atoms with Crippen molar-refractivity contribution in [2.45, 2.75) is 142 Å². The second-order valence-electron chi connectivity index (χ2n) is 21.3. The number of aromatic hydroxyl groups is 2. The van der Waals surface area contributed by atoms with E-state index in [0.29, 0.717) is 12.8 Å². The molecule has 0 bridgehead atoms. The number of halogens is 2. The van der Waals surface area contributed by atoms with Gasteiger partial charge in [0.25, 0.3) is 0 Å². The molecule has 1 aliphatic rings. The van der Waals surface area contributed by atoms with Gasteiger partial charge < -0.3 is 85.2 Å². The fourth-order valence-electron chi connectivity index (χ4n) is 8.11. The summed E-state index contributed by atoms with van der Waals surface area (Å²) in [5, 5.41) is 57.6. The summed E-state index contributed by atoms with van der Waals surface area (Å²) in [5.74, 6) is -8.44. The standard InChI is InChI=1S/C52H80N16O14.2BrH/c1-25(43(75)65-31(41(53)73)13-11-19-61-47(55)56)63-45(77)27(3)67(49(79)81-51(5,6)7)23-21-59-29-15-16-30(36-35(29)39(71)37-33(69)17-18-34(70)38(37)40(36)72)60-22-24-68(50(80)82-52(8,9)10)28(4)46(78)64-26(2)44(76)66-32(42(54)74)14-12-20-62-48(57)58;;/h15-18,25-28,31-32,59-60,69-70H,11-14,19-24H2,1-10H3,(H2,53,73)(H2,54,74)(H,63,77)(H,64,78)(H,65,75)(H,66,76)(H4,55,56,61)(H4,57,58,62);2*1H/t25-,26-,27-,28-,31-,32-;;/m0../s1. The molecule has 0 aromatic heterocycles. The van der Waals surface area contributed by atoms with Gasteiger partial charge >= 0.3 is 12.2 Å². The first kappa shape index (κ1) is 73.9. The van der Waals surface area contributed by atoms with E-state index < -0.39 is 129 Å². The molecule has 0 fully saturated rings. The van der Waals surface area contributed by atoms with Crippen molar-refractivity contribution in [3.05, 3.63) is 46.5 Å². The Labute approximate surface area is 507 Å². The molecule has 0 aliphatic heterocycles. The zero-order chi connectivity index (χ0) is 62.1. The van der Waals surface area contributed by atoms with E-state index in [1.54, 1.807) is 41.5 Å². The number of rotatable bonds is 28. The summed E-state index contributed by atoms with van der Waals surface area (Å²) in [6.45, 7) is 14.4. The van der Waals surface area contributed by atoms with E-state index in [0.717, 1.165) is 21.9 Å². The lowest BCUT2D eigenvalue weighted by Crippen LogP contribution is -2.56. The van der Waals surface area contributed by atoms with Gasteiger partial charge in [-0.15, -0.1) is 34.0 Å². The molecule has 0 saturated heterocycles. The molecule has 2 aromatic carbocycles. The van der Waals surface area contributed by atoms with Crippen LogP contribution in [0.2, 0.25) is 0 Å². The number of phenols is 2. The Balaban J connectivity index is 0.0000176. The van der Waals surface area contributed by atoms with Crippen LogP contribution in [0.1, 0.15) is 127 Å². The van der Waals surface area contributed by atoms with Gasteiger partial charge in [-0.25, -0.2) is 9.59 Å². The van der Waals surface area contributed by atoms with Crippen LogP contribution in [-0.4, -0.2) is 178 Å². The van der Waals surface area contributed by atoms with Gasteiger partial charge in [0.1, 0.15) is 59.0 Å². The largest absolute Gasteiger partial charge is 0.507 e. The molecule has 2 aromatic rings. The predicted molar refractivity (Wildman–Crippen MR) is 321 cm³/mol. The molecule has 3 rings (SSSR count). The highest BCUT2D eigenvalue weighted by molar-refractivity contribution is 8.93. The monoisotopic (exact) mass is 1310 g/mol. The van der Waals surface area contributed by atoms with Crippen molar-refractivity contribution in [3.8, 4) is 11.5 Å². The number of nitrogens with zero attached hydrogens (tertiary/aromatic N) is 2. The lowest BCUT2D eigenvalue weighted by Gasteiger charge is -2.32. The molecule has 0 heterocycles. The number of ether oxygens (including phenoxy) is 2. The molecule has 30 nitrogen and oxygen atoms in total. The Hall–Kier alpha value is -8.16. The number of fused-ring (bicyclic) bond motifs is 2. The van der Waals surface area contributed by atoms with Gasteiger partial charge in [-0.05, 0) is 119 Å². The third-order valence-electron chi connectivity index (χ3n) is 12.4. The van der Waals surface area contributed by atoms with E-state index in [-0.39, 0.29) is 120 Å². The van der Waals surface area contributed by atoms with Crippen molar-refractivity contribution in [2.75, 3.05) is 49.9 Å². The fraction of sp³-hybridized carbons (Fsp3) is 0.538. The third kappa shape index (κ3) is 21.9. The summed E-state index contributed by atoms with van der Waals surface area (Å²) >= 11 is 0. The number of ketones is 2. The molecule has 0 saturated carbocycles. The lowest BCUT2D eigenvalue weighted by molar-refractivity contribution is -0.132. The highest BCUT2D eigenvalue weighted by atomic mass is 79.9. The molecule has 0 unspecified atom stereocenters. The van der Waals surface area contributed by atoms with E-state index in [1.807, 2.05) is 0 Å². The van der Waals surface area contributed by atoms with E-state index in [2.05, 4.69) is 42.5 Å². The van der Waals surface area contributed by atoms with Crippen LogP contribution in [0.5, 0.6) is 11.5 Å². The van der Waals surface area contributed by atoms with Gasteiger partial charge in [0.15, 0.2) is 11.9 Å². The summed E-state index contributed by atoms with van der Waals surface area (Å²) in [6.07, 6.45) is -1.11. The van der Waals surface area contributed by atoms with Gasteiger partial charge in [-0.3, -0.25) is 59.0 Å². The Kier molecular flexibility index (Phi) is 28.7. The number of hydrogen-bond acceptors (Lipinski definition) is 18. The number of benzene rings is 2. The first-order valence-corrected chi connectivity index (χ1v) is 26.3. The number of anilines is 2. The van der Waals surface area contributed by atoms with Crippen LogP contribution in [0.15, 0.2) is 24.3 Å². The maximum atomic E-state index is 14.5. The maximum Gasteiger partial charge on any atom is 0.411 e. The Morgan fingerprint density at radius 3 is 1.13 bits per heavy atom. The molecule has 8 amide bonds. The zero-order valence-electron chi connectivity index (χ0n) is 48.7. The third-order valence-corrected chi connectivity index (χ3v) is 12.4. The highest BCUT2D eigenvalue weighted by Gasteiger charge is 2.39. The van der Waals surface area contributed by atoms with Crippen LogP contribution in [0.25, 0.3) is 0 Å². The van der Waals surface area contributed by atoms with Crippen LogP contribution in [0, 0.1) is 10.8 Å². The van der Waals surface area contributed by atoms with E-state index in [9.17, 15) is 58.2 Å². The van der Waals surface area contributed by atoms with Crippen molar-refractivity contribution in [2.24, 2.45) is 22.9 Å². The average Bonchev–Trinajstić information content (AvgIpc) is 0.887. The highest BCUT2D eigenvalue weighted by Crippen LogP contribution is 2.42. The Morgan fingerprint density at radius 2 is 0.845 bits per heavy atom. The van der Waals surface area contributed by atoms with Crippen molar-refractivity contribution < 1.29 is 67.6 Å². The number of carbonyl (C=O) groups is 10. The molecule has 0 spiro atoms. The predicted octanol–water partition coefficient (Wildman–Crippen LogP) is 0.580. The summed E-state index contributed by atoms with van der Waals surface area (Å²) in [4.78, 5) is 137. The number of nitrogens with two attached hydrogens (primary N) is 4. The maximum absolute atomic E-state index is 14.5. The summed E-state index contributed by atoms with van der Waals surface area (Å²) in [7, 11) is 0. The Bertz CT molecular complexity index is 2590. The molecular formula is C52H82Br2N16O14. The van der Waals surface area contributed by atoms with Crippen LogP contribution >= 0.6 is 34.0 Å².